The molecule has 2 aliphatic heterocycles. The maximum Gasteiger partial charge on any atom is 0.160 e. The second kappa shape index (κ2) is 20.2. The number of aromatic hydroxyl groups is 1. The third-order valence-corrected chi connectivity index (χ3v) is 20.5. The first-order valence-corrected chi connectivity index (χ1v) is 28.5. The molecule has 16 atom stereocenters. The van der Waals surface area contributed by atoms with Crippen LogP contribution in [-0.2, 0) is 22.4 Å². The van der Waals surface area contributed by atoms with E-state index in [1.165, 1.54) is 29.5 Å². The molecule has 3 aromatic carbocycles. The number of aliphatic hydroxyl groups is 3. The summed E-state index contributed by atoms with van der Waals surface area (Å²) in [6, 6.07) is 18.2. The van der Waals surface area contributed by atoms with Crippen LogP contribution in [0.3, 0.4) is 0 Å². The van der Waals surface area contributed by atoms with Crippen molar-refractivity contribution in [2.75, 3.05) is 33.3 Å². The van der Waals surface area contributed by atoms with Gasteiger partial charge in [0.2, 0.25) is 0 Å². The molecule has 1 aromatic heterocycles. The van der Waals surface area contributed by atoms with Crippen molar-refractivity contribution in [1.29, 1.82) is 0 Å². The Kier molecular flexibility index (Phi) is 13.6. The molecular weight excluding hydrogens is 939 g/mol. The highest BCUT2D eigenvalue weighted by atomic mass is 16.5. The summed E-state index contributed by atoms with van der Waals surface area (Å²) in [6.45, 7) is 7.54. The lowest BCUT2D eigenvalue weighted by Gasteiger charge is -2.63. The van der Waals surface area contributed by atoms with Crippen molar-refractivity contribution >= 4 is 22.3 Å². The first-order chi connectivity index (χ1) is 36.4. The Labute approximate surface area is 441 Å². The number of H-pyrrole nitrogens is 1. The van der Waals surface area contributed by atoms with Crippen LogP contribution in [0.5, 0.6) is 11.5 Å². The first kappa shape index (κ1) is 50.4. The minimum atomic E-state index is -1.31. The molecule has 12 heteroatoms. The van der Waals surface area contributed by atoms with Crippen LogP contribution in [0.15, 0.2) is 83.8 Å². The van der Waals surface area contributed by atoms with Crippen LogP contribution in [0.4, 0.5) is 0 Å². The van der Waals surface area contributed by atoms with Crippen LogP contribution in [-0.4, -0.2) is 94.6 Å². The van der Waals surface area contributed by atoms with Gasteiger partial charge < -0.3 is 51.8 Å². The molecule has 3 heterocycles. The fraction of sp³-hybridized carbons (Fsp3) is 0.556. The van der Waals surface area contributed by atoms with E-state index in [1.807, 2.05) is 18.2 Å². The van der Waals surface area contributed by atoms with Crippen LogP contribution < -0.4 is 26.4 Å². The number of aryl methyl sites for hydroxylation is 2. The average Bonchev–Trinajstić information content (AvgIpc) is 3.88. The summed E-state index contributed by atoms with van der Waals surface area (Å²) in [5, 5.41) is 61.8. The molecule has 75 heavy (non-hydrogen) atoms. The number of fused-ring (bicyclic) bond motifs is 3. The molecular formula is C63H77N5O7. The van der Waals surface area contributed by atoms with Crippen molar-refractivity contribution in [3.8, 4) is 23.3 Å². The number of aromatic nitrogens is 1. The number of benzene rings is 3. The lowest BCUT2D eigenvalue weighted by Crippen LogP contribution is -2.65. The number of phenols is 1. The van der Waals surface area contributed by atoms with E-state index in [4.69, 9.17) is 10.5 Å². The number of aliphatic hydroxyl groups excluding tert-OH is 3. The number of Topliss-reactive ketones (excluding diaryl/α,β-unsaturated/α-hetero) is 2. The van der Waals surface area contributed by atoms with Gasteiger partial charge in [-0.25, -0.2) is 0 Å². The first-order valence-electron chi connectivity index (χ1n) is 28.5. The standard InChI is InChI=1S/C63H77N5O7/c1-4-33-29-67-56(64)27-46(33)45(36-11-10-34-8-6-7-9-35(34)20-36)26-51(71)50(70)22-38-16-18-63(54(73)15-13-37-23-53(75-3)52(72)25-43(37)38)19-17-39(24-55(63)74)44-21-41-31-66-48-28-49(69)42-14-12-40-30-68-62-58(40)59(42)61(48)57(41)60(62)47(44)32-65-5-2/h6-11,20,23,25,27,30,38-39,41-42,44-45,47-48,50-51,55,57,59-61,65-68,70-72,74H,4-5,12-15,17,19,21-22,24,26,28-29,31-32,64H2,1-3H3. The molecule has 0 bridgehead atoms. The van der Waals surface area contributed by atoms with Crippen LogP contribution in [0.25, 0.3) is 10.8 Å². The van der Waals surface area contributed by atoms with E-state index in [1.54, 1.807) is 12.1 Å². The van der Waals surface area contributed by atoms with Crippen LogP contribution in [0.2, 0.25) is 0 Å². The van der Waals surface area contributed by atoms with Crippen LogP contribution >= 0.6 is 0 Å². The van der Waals surface area contributed by atoms with E-state index in [0.717, 1.165) is 79.2 Å². The number of hydrogen-bond donors (Lipinski definition) is 9. The summed E-state index contributed by atoms with van der Waals surface area (Å²) in [5.41, 5.74) is 14.0. The summed E-state index contributed by atoms with van der Waals surface area (Å²) >= 11 is 0. The number of nitrogens with one attached hydrogen (secondary N) is 4. The summed E-state index contributed by atoms with van der Waals surface area (Å²) in [7, 11) is 1.50. The molecule has 10 N–H and O–H groups in total. The van der Waals surface area contributed by atoms with Crippen molar-refractivity contribution in [1.82, 2.24) is 20.9 Å². The molecule has 6 aliphatic carbocycles. The number of dihydropyridines is 1. The highest BCUT2D eigenvalue weighted by molar-refractivity contribution is 5.89. The molecule has 0 radical (unpaired) electrons. The maximum absolute atomic E-state index is 14.9. The largest absolute Gasteiger partial charge is 0.504 e. The number of rotatable bonds is 13. The maximum atomic E-state index is 14.9. The van der Waals surface area contributed by atoms with Gasteiger partial charge in [0.1, 0.15) is 11.2 Å². The topological polar surface area (TPSA) is 202 Å². The number of aromatic amines is 1. The van der Waals surface area contributed by atoms with E-state index in [9.17, 15) is 30.0 Å². The van der Waals surface area contributed by atoms with Gasteiger partial charge in [0.15, 0.2) is 17.3 Å². The van der Waals surface area contributed by atoms with Crippen molar-refractivity contribution in [3.05, 3.63) is 117 Å². The lowest BCUT2D eigenvalue weighted by molar-refractivity contribution is -0.138. The summed E-state index contributed by atoms with van der Waals surface area (Å²) in [6.07, 6.45) is 7.58. The number of nitrogens with two attached hydrogens (primary N) is 1. The predicted octanol–water partition coefficient (Wildman–Crippen LogP) is 7.51. The van der Waals surface area contributed by atoms with E-state index >= 15 is 0 Å². The number of ether oxygens (including phenoxy) is 1. The molecule has 4 aromatic rings. The minimum absolute atomic E-state index is 0.0335. The Morgan fingerprint density at radius 3 is 2.59 bits per heavy atom. The van der Waals surface area contributed by atoms with E-state index in [2.05, 4.69) is 83.2 Å². The SMILES string of the molecule is CCNCC1C(C2CCC3(C#CC(CC(O)C(O)CC(C4=C(CC)CNC(N)=C4)c4ccc5ccccc5c4)c4cc(O)c(OC)cc4CCC3=O)C(O)C2)CC2CNC3CC(=O)C4CCc5c[nH]c6c5C4C3C2C61. The number of allylic oxidation sites excluding steroid dienone is 2. The fourth-order valence-corrected chi connectivity index (χ4v) is 16.9. The van der Waals surface area contributed by atoms with Gasteiger partial charge in [0.25, 0.3) is 0 Å². The van der Waals surface area contributed by atoms with Gasteiger partial charge in [-0.05, 0) is 187 Å². The van der Waals surface area contributed by atoms with Gasteiger partial charge in [-0.1, -0.05) is 68.2 Å². The molecule has 16 unspecified atom stereocenters. The Bertz CT molecular complexity index is 3000. The number of carbonyl (C=O) groups excluding carboxylic acids is 2. The Hall–Kier alpha value is -5.42. The highest BCUT2D eigenvalue weighted by Crippen LogP contribution is 2.66. The highest BCUT2D eigenvalue weighted by Gasteiger charge is 2.63. The summed E-state index contributed by atoms with van der Waals surface area (Å²) < 4.78 is 5.58. The van der Waals surface area contributed by atoms with E-state index in [0.29, 0.717) is 90.8 Å². The molecule has 1 saturated heterocycles. The van der Waals surface area contributed by atoms with Crippen molar-refractivity contribution in [2.24, 2.45) is 52.6 Å². The fourth-order valence-electron chi connectivity index (χ4n) is 16.9. The number of phenolic OH excluding ortho intramolecular Hbond substituents is 1. The lowest BCUT2D eigenvalue weighted by atomic mass is 9.44. The summed E-state index contributed by atoms with van der Waals surface area (Å²) in [5.74, 6) is 10.0. The third-order valence-electron chi connectivity index (χ3n) is 20.5. The Morgan fingerprint density at radius 2 is 1.79 bits per heavy atom. The number of ketones is 2. The van der Waals surface area contributed by atoms with E-state index in [-0.39, 0.29) is 60.3 Å². The second-order valence-corrected chi connectivity index (χ2v) is 23.9. The number of carbonyl (C=O) groups is 2. The summed E-state index contributed by atoms with van der Waals surface area (Å²) in [4.78, 5) is 32.5. The normalized spacial score (nSPS) is 33.9. The van der Waals surface area contributed by atoms with Gasteiger partial charge in [0, 0.05) is 66.9 Å². The second-order valence-electron chi connectivity index (χ2n) is 23.9. The molecule has 3 saturated carbocycles. The zero-order chi connectivity index (χ0) is 51.9. The smallest absolute Gasteiger partial charge is 0.160 e. The van der Waals surface area contributed by atoms with Gasteiger partial charge in [-0.3, -0.25) is 9.59 Å². The molecule has 12 nitrogen and oxygen atoms in total. The van der Waals surface area contributed by atoms with E-state index < -0.39 is 29.6 Å². The molecule has 4 fully saturated rings. The van der Waals surface area contributed by atoms with Crippen molar-refractivity contribution in [3.63, 3.8) is 0 Å². The third kappa shape index (κ3) is 8.64. The van der Waals surface area contributed by atoms with Crippen molar-refractivity contribution < 1.29 is 34.8 Å². The monoisotopic (exact) mass is 1020 g/mol. The molecule has 12 rings (SSSR count). The van der Waals surface area contributed by atoms with Gasteiger partial charge in [-0.2, -0.15) is 0 Å². The average molecular weight is 1020 g/mol. The molecule has 396 valence electrons. The predicted molar refractivity (Wildman–Crippen MR) is 290 cm³/mol. The Morgan fingerprint density at radius 1 is 0.947 bits per heavy atom. The number of piperidine rings is 1. The van der Waals surface area contributed by atoms with Gasteiger partial charge in [0.05, 0.1) is 31.2 Å². The zero-order valence-corrected chi connectivity index (χ0v) is 43.9. The van der Waals surface area contributed by atoms with Crippen LogP contribution in [0.1, 0.15) is 135 Å². The van der Waals surface area contributed by atoms with Crippen molar-refractivity contribution in [2.45, 2.75) is 139 Å². The quantitative estimate of drug-likeness (QED) is 0.0601. The van der Waals surface area contributed by atoms with Crippen LogP contribution in [0, 0.1) is 58.7 Å². The zero-order valence-electron chi connectivity index (χ0n) is 43.9. The molecule has 1 spiro atoms. The minimum Gasteiger partial charge on any atom is -0.504 e. The number of methoxy groups -OCH3 is 1. The Balaban J connectivity index is 0.849. The van der Waals surface area contributed by atoms with Gasteiger partial charge in [-0.15, -0.1) is 0 Å². The van der Waals surface area contributed by atoms with Gasteiger partial charge >= 0.3 is 0 Å². The molecule has 8 aliphatic rings. The number of hydrogen-bond acceptors (Lipinski definition) is 11. The molecule has 0 amide bonds.